The van der Waals surface area contributed by atoms with Crippen molar-refractivity contribution >= 4 is 80.1 Å². The topological polar surface area (TPSA) is 3.24 Å². The summed E-state index contributed by atoms with van der Waals surface area (Å²) >= 11 is 3.76. The van der Waals surface area contributed by atoms with Crippen molar-refractivity contribution in [3.8, 4) is 22.3 Å². The predicted octanol–water partition coefficient (Wildman–Crippen LogP) is 14.9. The van der Waals surface area contributed by atoms with Crippen molar-refractivity contribution < 1.29 is 0 Å². The van der Waals surface area contributed by atoms with Gasteiger partial charge in [-0.1, -0.05) is 127 Å². The number of hydrogen-bond acceptors (Lipinski definition) is 3. The Morgan fingerprint density at radius 2 is 0.943 bits per heavy atom. The summed E-state index contributed by atoms with van der Waals surface area (Å²) < 4.78 is 5.28. The second-order valence-corrected chi connectivity index (χ2v) is 16.3. The van der Waals surface area contributed by atoms with Crippen LogP contribution < -0.4 is 4.90 Å². The number of para-hydroxylation sites is 1. The van der Waals surface area contributed by atoms with Crippen LogP contribution in [0.2, 0.25) is 0 Å². The molecule has 0 atom stereocenters. The van der Waals surface area contributed by atoms with E-state index < -0.39 is 0 Å². The fraction of sp³-hybridized carbons (Fsp3) is 0.0400. The number of anilines is 3. The molecule has 53 heavy (non-hydrogen) atoms. The van der Waals surface area contributed by atoms with Crippen molar-refractivity contribution in [1.82, 2.24) is 0 Å². The molecule has 0 fully saturated rings. The van der Waals surface area contributed by atoms with Gasteiger partial charge in [0.15, 0.2) is 0 Å². The third-order valence-corrected chi connectivity index (χ3v) is 13.6. The molecule has 0 saturated carbocycles. The Balaban J connectivity index is 1.12. The van der Waals surface area contributed by atoms with Crippen LogP contribution in [0, 0.1) is 0 Å². The quantitative estimate of drug-likeness (QED) is 0.172. The molecule has 0 N–H and O–H groups in total. The van der Waals surface area contributed by atoms with Gasteiger partial charge in [0, 0.05) is 62.8 Å². The van der Waals surface area contributed by atoms with Crippen molar-refractivity contribution in [2.45, 2.75) is 12.3 Å². The first-order valence-electron chi connectivity index (χ1n) is 18.2. The van der Waals surface area contributed by atoms with Gasteiger partial charge in [-0.3, -0.25) is 0 Å². The average molecular weight is 712 g/mol. The molecular formula is C50H33NS2. The zero-order chi connectivity index (χ0) is 35.1. The summed E-state index contributed by atoms with van der Waals surface area (Å²) in [7, 11) is 0. The van der Waals surface area contributed by atoms with Crippen molar-refractivity contribution in [2.24, 2.45) is 0 Å². The third kappa shape index (κ3) is 4.54. The zero-order valence-corrected chi connectivity index (χ0v) is 30.7. The van der Waals surface area contributed by atoms with E-state index in [1.807, 2.05) is 22.7 Å². The normalized spacial score (nSPS) is 13.2. The van der Waals surface area contributed by atoms with Crippen LogP contribution >= 0.6 is 22.7 Å². The van der Waals surface area contributed by atoms with E-state index in [0.717, 1.165) is 17.1 Å². The minimum Gasteiger partial charge on any atom is -0.310 e. The smallest absolute Gasteiger partial charge is 0.0476 e. The van der Waals surface area contributed by atoms with Crippen LogP contribution in [0.25, 0.3) is 62.6 Å². The molecule has 0 bridgehead atoms. The molecule has 0 aliphatic heterocycles. The van der Waals surface area contributed by atoms with Gasteiger partial charge < -0.3 is 4.90 Å². The monoisotopic (exact) mass is 711 g/mol. The van der Waals surface area contributed by atoms with E-state index in [9.17, 15) is 0 Å². The van der Waals surface area contributed by atoms with Crippen LogP contribution in [-0.2, 0) is 5.41 Å². The van der Waals surface area contributed by atoms with E-state index in [-0.39, 0.29) is 5.41 Å². The Morgan fingerprint density at radius 1 is 0.396 bits per heavy atom. The van der Waals surface area contributed by atoms with Gasteiger partial charge in [0.05, 0.1) is 0 Å². The van der Waals surface area contributed by atoms with E-state index in [1.165, 1.54) is 79.3 Å². The third-order valence-electron chi connectivity index (χ3n) is 11.3. The van der Waals surface area contributed by atoms with Crippen LogP contribution in [0.5, 0.6) is 0 Å². The van der Waals surface area contributed by atoms with Gasteiger partial charge in [-0.2, -0.15) is 0 Å². The molecule has 11 rings (SSSR count). The second kappa shape index (κ2) is 11.8. The van der Waals surface area contributed by atoms with E-state index in [1.54, 1.807) is 0 Å². The number of thiophene rings is 2. The number of hydrogen-bond donors (Lipinski definition) is 0. The Hall–Kier alpha value is -6.00. The lowest BCUT2D eigenvalue weighted by Gasteiger charge is -2.32. The molecule has 0 spiro atoms. The van der Waals surface area contributed by atoms with E-state index in [0.29, 0.717) is 0 Å². The highest BCUT2D eigenvalue weighted by molar-refractivity contribution is 7.26. The summed E-state index contributed by atoms with van der Waals surface area (Å²) in [6, 6.07) is 67.4. The highest BCUT2D eigenvalue weighted by Gasteiger charge is 2.43. The fourth-order valence-electron chi connectivity index (χ4n) is 8.97. The van der Waals surface area contributed by atoms with Crippen LogP contribution in [0.3, 0.4) is 0 Å². The van der Waals surface area contributed by atoms with E-state index in [2.05, 4.69) is 194 Å². The first-order valence-corrected chi connectivity index (χ1v) is 19.8. The molecule has 250 valence electrons. The molecule has 0 amide bonds. The van der Waals surface area contributed by atoms with Gasteiger partial charge in [0.1, 0.15) is 0 Å². The second-order valence-electron chi connectivity index (χ2n) is 14.2. The van der Waals surface area contributed by atoms with Crippen LogP contribution in [-0.4, -0.2) is 0 Å². The Morgan fingerprint density at radius 3 is 1.68 bits per heavy atom. The molecule has 1 aliphatic carbocycles. The van der Waals surface area contributed by atoms with Gasteiger partial charge in [0.25, 0.3) is 0 Å². The summed E-state index contributed by atoms with van der Waals surface area (Å²) in [6.07, 6.45) is 0. The maximum Gasteiger partial charge on any atom is 0.0476 e. The van der Waals surface area contributed by atoms with E-state index in [4.69, 9.17) is 0 Å². The molecule has 2 aromatic heterocycles. The highest BCUT2D eigenvalue weighted by atomic mass is 32.1. The Labute approximate surface area is 316 Å². The molecule has 1 nitrogen and oxygen atoms in total. The summed E-state index contributed by atoms with van der Waals surface area (Å²) in [5, 5.41) is 5.33. The summed E-state index contributed by atoms with van der Waals surface area (Å²) in [6.45, 7) is 2.46. The largest absolute Gasteiger partial charge is 0.310 e. The summed E-state index contributed by atoms with van der Waals surface area (Å²) in [5.41, 5.74) is 12.4. The lowest BCUT2D eigenvalue weighted by Crippen LogP contribution is -2.24. The molecule has 3 heteroatoms. The lowest BCUT2D eigenvalue weighted by atomic mass is 9.70. The molecular weight excluding hydrogens is 679 g/mol. The summed E-state index contributed by atoms with van der Waals surface area (Å²) in [4.78, 5) is 2.38. The molecule has 10 aromatic rings. The first-order chi connectivity index (χ1) is 26.2. The maximum absolute atomic E-state index is 2.46. The van der Waals surface area contributed by atoms with Gasteiger partial charge in [-0.15, -0.1) is 22.7 Å². The van der Waals surface area contributed by atoms with Crippen molar-refractivity contribution in [3.63, 3.8) is 0 Å². The predicted molar refractivity (Wildman–Crippen MR) is 230 cm³/mol. The number of benzene rings is 8. The zero-order valence-electron chi connectivity index (χ0n) is 29.1. The summed E-state index contributed by atoms with van der Waals surface area (Å²) in [5.74, 6) is 0. The van der Waals surface area contributed by atoms with Gasteiger partial charge in [0.2, 0.25) is 0 Å². The number of fused-ring (bicyclic) bond motifs is 9. The van der Waals surface area contributed by atoms with E-state index >= 15 is 0 Å². The first kappa shape index (κ1) is 30.6. The van der Waals surface area contributed by atoms with Crippen LogP contribution in [0.15, 0.2) is 182 Å². The van der Waals surface area contributed by atoms with Gasteiger partial charge in [-0.25, -0.2) is 0 Å². The maximum atomic E-state index is 2.46. The molecule has 1 aliphatic rings. The molecule has 0 unspecified atom stereocenters. The van der Waals surface area contributed by atoms with Gasteiger partial charge >= 0.3 is 0 Å². The molecule has 0 saturated heterocycles. The lowest BCUT2D eigenvalue weighted by molar-refractivity contribution is 0.723. The van der Waals surface area contributed by atoms with Crippen molar-refractivity contribution in [3.05, 3.63) is 199 Å². The fourth-order valence-corrected chi connectivity index (χ4v) is 11.2. The minimum atomic E-state index is -0.347. The highest BCUT2D eigenvalue weighted by Crippen LogP contribution is 2.57. The Bertz CT molecular complexity index is 2980. The minimum absolute atomic E-state index is 0.347. The van der Waals surface area contributed by atoms with Crippen LogP contribution in [0.4, 0.5) is 17.1 Å². The number of nitrogens with zero attached hydrogens (tertiary/aromatic N) is 1. The molecule has 2 heterocycles. The molecule has 8 aromatic carbocycles. The van der Waals surface area contributed by atoms with Crippen molar-refractivity contribution in [2.75, 3.05) is 4.90 Å². The van der Waals surface area contributed by atoms with Gasteiger partial charge in [-0.05, 0) is 100 Å². The SMILES string of the molecule is CC1(c2c(-c3ccc(N(c4ccccc4)c4ccc5c(c4)sc4ccccc45)cc3)ccc3sc4ccccc4c23)c2ccccc2-c2ccccc21. The van der Waals surface area contributed by atoms with Crippen LogP contribution in [0.1, 0.15) is 23.6 Å². The average Bonchev–Trinajstić information content (AvgIpc) is 3.87. The molecule has 0 radical (unpaired) electrons. The van der Waals surface area contributed by atoms with Crippen molar-refractivity contribution in [1.29, 1.82) is 0 Å². The standard InChI is InChI=1S/C50H33NS2/c1-50(42-19-9-5-15-37(42)38-16-6-10-20-43(38)50)49-36(29-30-46-48(49)41-18-8-12-22-45(41)52-46)32-23-25-34(26-24-32)51(33-13-3-2-4-14-33)35-27-28-40-39-17-7-11-21-44(39)53-47(40)31-35/h2-31H,1H3. The number of rotatable bonds is 5. The Kier molecular flexibility index (Phi) is 6.79.